The van der Waals surface area contributed by atoms with Gasteiger partial charge < -0.3 is 19.5 Å². The number of H-pyrrole nitrogens is 1. The fourth-order valence-corrected chi connectivity index (χ4v) is 2.29. The standard InChI is InChI=1S/C15H23N3O3/c1-2-3-11-21-12-14(19)17-7-9-18(10-8-17)15(20)13-5-4-6-16-13/h4-6,16H,2-3,7-12H2,1H3. The van der Waals surface area contributed by atoms with Crippen LogP contribution in [-0.2, 0) is 9.53 Å². The van der Waals surface area contributed by atoms with Crippen molar-refractivity contribution in [3.8, 4) is 0 Å². The molecule has 1 saturated heterocycles. The first kappa shape index (κ1) is 15.6. The Bertz CT molecular complexity index is 451. The van der Waals surface area contributed by atoms with Crippen LogP contribution in [0.3, 0.4) is 0 Å². The van der Waals surface area contributed by atoms with Crippen LogP contribution in [0.1, 0.15) is 30.3 Å². The summed E-state index contributed by atoms with van der Waals surface area (Å²) in [4.78, 5) is 30.6. The summed E-state index contributed by atoms with van der Waals surface area (Å²) in [5.74, 6) is 0.00405. The lowest BCUT2D eigenvalue weighted by molar-refractivity contribution is -0.137. The van der Waals surface area contributed by atoms with Crippen molar-refractivity contribution in [3.05, 3.63) is 24.0 Å². The van der Waals surface area contributed by atoms with Crippen LogP contribution in [0.25, 0.3) is 0 Å². The van der Waals surface area contributed by atoms with Gasteiger partial charge in [-0.25, -0.2) is 0 Å². The largest absolute Gasteiger partial charge is 0.372 e. The van der Waals surface area contributed by atoms with Crippen LogP contribution in [0.4, 0.5) is 0 Å². The second kappa shape index (κ2) is 7.83. The highest BCUT2D eigenvalue weighted by molar-refractivity contribution is 5.92. The molecular formula is C15H23N3O3. The van der Waals surface area contributed by atoms with E-state index in [9.17, 15) is 9.59 Å². The number of nitrogens with zero attached hydrogens (tertiary/aromatic N) is 2. The summed E-state index contributed by atoms with van der Waals surface area (Å²) in [5.41, 5.74) is 0.595. The number of aromatic nitrogens is 1. The van der Waals surface area contributed by atoms with Gasteiger partial charge in [0.15, 0.2) is 0 Å². The van der Waals surface area contributed by atoms with Gasteiger partial charge in [0.1, 0.15) is 12.3 Å². The van der Waals surface area contributed by atoms with Gasteiger partial charge in [-0.1, -0.05) is 13.3 Å². The van der Waals surface area contributed by atoms with Crippen molar-refractivity contribution in [1.82, 2.24) is 14.8 Å². The summed E-state index contributed by atoms with van der Waals surface area (Å²) in [6, 6.07) is 3.57. The average Bonchev–Trinajstić information content (AvgIpc) is 3.05. The topological polar surface area (TPSA) is 65.6 Å². The van der Waals surface area contributed by atoms with Crippen LogP contribution >= 0.6 is 0 Å². The van der Waals surface area contributed by atoms with E-state index < -0.39 is 0 Å². The van der Waals surface area contributed by atoms with Crippen molar-refractivity contribution in [2.45, 2.75) is 19.8 Å². The fraction of sp³-hybridized carbons (Fsp3) is 0.600. The molecule has 1 fully saturated rings. The van der Waals surface area contributed by atoms with Crippen molar-refractivity contribution in [1.29, 1.82) is 0 Å². The number of ether oxygens (including phenoxy) is 1. The maximum absolute atomic E-state index is 12.1. The highest BCUT2D eigenvalue weighted by Crippen LogP contribution is 2.07. The van der Waals surface area contributed by atoms with Gasteiger partial charge in [0.05, 0.1) is 0 Å². The zero-order valence-electron chi connectivity index (χ0n) is 12.5. The van der Waals surface area contributed by atoms with Gasteiger partial charge in [0, 0.05) is 39.0 Å². The Labute approximate surface area is 125 Å². The number of aromatic amines is 1. The molecule has 0 unspecified atom stereocenters. The summed E-state index contributed by atoms with van der Waals surface area (Å²) in [7, 11) is 0. The van der Waals surface area contributed by atoms with Gasteiger partial charge in [-0.05, 0) is 18.6 Å². The predicted molar refractivity (Wildman–Crippen MR) is 79.0 cm³/mol. The number of amides is 2. The Morgan fingerprint density at radius 3 is 2.57 bits per heavy atom. The maximum atomic E-state index is 12.1. The summed E-state index contributed by atoms with van der Waals surface area (Å²) in [6.45, 7) is 5.14. The number of rotatable bonds is 6. The number of piperazine rings is 1. The van der Waals surface area contributed by atoms with E-state index >= 15 is 0 Å². The molecule has 0 radical (unpaired) electrons. The van der Waals surface area contributed by atoms with Crippen molar-refractivity contribution in [3.63, 3.8) is 0 Å². The first-order valence-electron chi connectivity index (χ1n) is 7.50. The van der Waals surface area contributed by atoms with Crippen LogP contribution in [0.15, 0.2) is 18.3 Å². The number of carbonyl (C=O) groups excluding carboxylic acids is 2. The molecule has 1 aromatic heterocycles. The average molecular weight is 293 g/mol. The van der Waals surface area contributed by atoms with Crippen molar-refractivity contribution < 1.29 is 14.3 Å². The first-order chi connectivity index (χ1) is 10.2. The molecule has 0 spiro atoms. The number of unbranched alkanes of at least 4 members (excludes halogenated alkanes) is 1. The summed E-state index contributed by atoms with van der Waals surface area (Å²) >= 11 is 0. The molecule has 1 aliphatic rings. The number of hydrogen-bond donors (Lipinski definition) is 1. The molecule has 2 rings (SSSR count). The molecule has 0 bridgehead atoms. The second-order valence-corrected chi connectivity index (χ2v) is 5.16. The van der Waals surface area contributed by atoms with Gasteiger partial charge in [-0.3, -0.25) is 9.59 Å². The third kappa shape index (κ3) is 4.32. The smallest absolute Gasteiger partial charge is 0.270 e. The lowest BCUT2D eigenvalue weighted by atomic mass is 10.2. The molecule has 0 aromatic carbocycles. The Morgan fingerprint density at radius 1 is 1.24 bits per heavy atom. The van der Waals surface area contributed by atoms with Gasteiger partial charge in [-0.2, -0.15) is 0 Å². The van der Waals surface area contributed by atoms with E-state index in [4.69, 9.17) is 4.74 Å². The first-order valence-corrected chi connectivity index (χ1v) is 7.50. The van der Waals surface area contributed by atoms with Crippen molar-refractivity contribution >= 4 is 11.8 Å². The van der Waals surface area contributed by atoms with E-state index in [-0.39, 0.29) is 18.4 Å². The molecule has 0 aliphatic carbocycles. The lowest BCUT2D eigenvalue weighted by Crippen LogP contribution is -2.51. The fourth-order valence-electron chi connectivity index (χ4n) is 2.29. The van der Waals surface area contributed by atoms with E-state index in [1.54, 1.807) is 28.1 Å². The molecule has 1 N–H and O–H groups in total. The van der Waals surface area contributed by atoms with E-state index in [0.29, 0.717) is 38.5 Å². The monoisotopic (exact) mass is 293 g/mol. The zero-order chi connectivity index (χ0) is 15.1. The van der Waals surface area contributed by atoms with E-state index in [0.717, 1.165) is 12.8 Å². The van der Waals surface area contributed by atoms with Crippen LogP contribution in [0.2, 0.25) is 0 Å². The molecule has 1 aliphatic heterocycles. The molecule has 116 valence electrons. The Hall–Kier alpha value is -1.82. The quantitative estimate of drug-likeness (QED) is 0.799. The summed E-state index contributed by atoms with van der Waals surface area (Å²) in [5, 5.41) is 0. The highest BCUT2D eigenvalue weighted by Gasteiger charge is 2.24. The van der Waals surface area contributed by atoms with E-state index in [1.807, 2.05) is 0 Å². The molecule has 0 atom stereocenters. The minimum absolute atomic E-state index is 0.00806. The SMILES string of the molecule is CCCCOCC(=O)N1CCN(C(=O)c2ccc[nH]2)CC1. The highest BCUT2D eigenvalue weighted by atomic mass is 16.5. The summed E-state index contributed by atoms with van der Waals surface area (Å²) in [6.07, 6.45) is 3.78. The lowest BCUT2D eigenvalue weighted by Gasteiger charge is -2.34. The number of hydrogen-bond acceptors (Lipinski definition) is 3. The minimum atomic E-state index is -0.00806. The molecule has 2 amide bonds. The van der Waals surface area contributed by atoms with E-state index in [2.05, 4.69) is 11.9 Å². The zero-order valence-corrected chi connectivity index (χ0v) is 12.5. The molecule has 2 heterocycles. The predicted octanol–water partition coefficient (Wildman–Crippen LogP) is 1.12. The van der Waals surface area contributed by atoms with Crippen molar-refractivity contribution in [2.75, 3.05) is 39.4 Å². The Morgan fingerprint density at radius 2 is 1.95 bits per heavy atom. The van der Waals surface area contributed by atoms with Gasteiger partial charge in [0.25, 0.3) is 5.91 Å². The molecule has 0 saturated carbocycles. The number of nitrogens with one attached hydrogen (secondary N) is 1. The van der Waals surface area contributed by atoms with Gasteiger partial charge >= 0.3 is 0 Å². The second-order valence-electron chi connectivity index (χ2n) is 5.16. The summed E-state index contributed by atoms with van der Waals surface area (Å²) < 4.78 is 5.35. The Balaban J connectivity index is 1.72. The van der Waals surface area contributed by atoms with E-state index in [1.165, 1.54) is 0 Å². The van der Waals surface area contributed by atoms with Crippen LogP contribution in [0.5, 0.6) is 0 Å². The van der Waals surface area contributed by atoms with Gasteiger partial charge in [0.2, 0.25) is 5.91 Å². The molecular weight excluding hydrogens is 270 g/mol. The minimum Gasteiger partial charge on any atom is -0.372 e. The van der Waals surface area contributed by atoms with Crippen molar-refractivity contribution in [2.24, 2.45) is 0 Å². The molecule has 6 nitrogen and oxygen atoms in total. The third-order valence-electron chi connectivity index (χ3n) is 3.62. The van der Waals surface area contributed by atoms with Crippen LogP contribution in [0, 0.1) is 0 Å². The molecule has 21 heavy (non-hydrogen) atoms. The third-order valence-corrected chi connectivity index (χ3v) is 3.62. The normalized spacial score (nSPS) is 15.3. The molecule has 1 aromatic rings. The maximum Gasteiger partial charge on any atom is 0.270 e. The number of carbonyl (C=O) groups is 2. The van der Waals surface area contributed by atoms with Gasteiger partial charge in [-0.15, -0.1) is 0 Å². The molecule has 6 heteroatoms. The van der Waals surface area contributed by atoms with Crippen LogP contribution < -0.4 is 0 Å². The Kier molecular flexibility index (Phi) is 5.80. The van der Waals surface area contributed by atoms with Crippen LogP contribution in [-0.4, -0.2) is 66.0 Å².